The van der Waals surface area contributed by atoms with Gasteiger partial charge in [0.1, 0.15) is 12.4 Å². The second kappa shape index (κ2) is 8.13. The Morgan fingerprint density at radius 2 is 1.92 bits per heavy atom. The van der Waals surface area contributed by atoms with E-state index in [1.807, 2.05) is 32.0 Å². The van der Waals surface area contributed by atoms with E-state index in [0.29, 0.717) is 13.0 Å². The number of ether oxygens (including phenoxy) is 1. The minimum absolute atomic E-state index is 0.147. The van der Waals surface area contributed by atoms with E-state index in [1.54, 1.807) is 12.4 Å². The molecule has 1 aliphatic rings. The molecule has 0 amide bonds. The molecule has 1 aromatic carbocycles. The first-order valence-corrected chi connectivity index (χ1v) is 8.98. The summed E-state index contributed by atoms with van der Waals surface area (Å²) in [6.07, 6.45) is 7.36. The molecular formula is C21H24N2O3. The Hall–Kier alpha value is -2.69. The minimum Gasteiger partial charge on any atom is -0.489 e. The zero-order valence-corrected chi connectivity index (χ0v) is 15.3. The molecular weight excluding hydrogens is 328 g/mol. The van der Waals surface area contributed by atoms with Gasteiger partial charge in [0, 0.05) is 18.8 Å². The fraction of sp³-hybridized carbons (Fsp3) is 0.381. The SMILES string of the molecule is Cc1c(CCC(=O)O)ccc(OCC2=C(c3ncccn3)CCC2)c1C. The average Bonchev–Trinajstić information content (AvgIpc) is 3.11. The summed E-state index contributed by atoms with van der Waals surface area (Å²) in [6.45, 7) is 4.60. The Kier molecular flexibility index (Phi) is 5.66. The molecule has 0 atom stereocenters. The number of aliphatic carboxylic acids is 1. The highest BCUT2D eigenvalue weighted by molar-refractivity contribution is 5.67. The second-order valence-corrected chi connectivity index (χ2v) is 6.66. The van der Waals surface area contributed by atoms with Crippen molar-refractivity contribution in [3.8, 4) is 5.75 Å². The van der Waals surface area contributed by atoms with Crippen LogP contribution in [0.4, 0.5) is 0 Å². The summed E-state index contributed by atoms with van der Waals surface area (Å²) in [5, 5.41) is 8.87. The molecule has 1 aromatic heterocycles. The van der Waals surface area contributed by atoms with E-state index in [2.05, 4.69) is 9.97 Å². The molecule has 1 N–H and O–H groups in total. The van der Waals surface area contributed by atoms with Crippen molar-refractivity contribution in [3.05, 3.63) is 58.7 Å². The Balaban J connectivity index is 1.73. The van der Waals surface area contributed by atoms with Gasteiger partial charge in [0.15, 0.2) is 5.82 Å². The molecule has 0 spiro atoms. The number of nitrogens with zero attached hydrogens (tertiary/aromatic N) is 2. The maximum Gasteiger partial charge on any atom is 0.303 e. The van der Waals surface area contributed by atoms with Gasteiger partial charge in [0.2, 0.25) is 0 Å². The molecule has 1 aliphatic carbocycles. The Morgan fingerprint density at radius 1 is 1.15 bits per heavy atom. The van der Waals surface area contributed by atoms with E-state index in [1.165, 1.54) is 11.1 Å². The summed E-state index contributed by atoms with van der Waals surface area (Å²) in [6, 6.07) is 5.76. The number of aromatic nitrogens is 2. The molecule has 0 unspecified atom stereocenters. The van der Waals surface area contributed by atoms with Crippen LogP contribution in [0, 0.1) is 13.8 Å². The van der Waals surface area contributed by atoms with Crippen LogP contribution in [0.25, 0.3) is 5.57 Å². The molecule has 0 radical (unpaired) electrons. The monoisotopic (exact) mass is 352 g/mol. The number of hydrogen-bond donors (Lipinski definition) is 1. The fourth-order valence-corrected chi connectivity index (χ4v) is 3.38. The number of aryl methyl sites for hydroxylation is 1. The summed E-state index contributed by atoms with van der Waals surface area (Å²) < 4.78 is 6.10. The van der Waals surface area contributed by atoms with Crippen LogP contribution < -0.4 is 4.74 Å². The molecule has 3 rings (SSSR count). The van der Waals surface area contributed by atoms with Crippen molar-refractivity contribution < 1.29 is 14.6 Å². The standard InChI is InChI=1S/C21H24N2O3/c1-14-15(2)19(9-7-16(14)8-10-20(24)25)26-13-17-5-3-6-18(17)21-22-11-4-12-23-21/h4,7,9,11-12H,3,5-6,8,10,13H2,1-2H3,(H,24,25). The first-order chi connectivity index (χ1) is 12.6. The van der Waals surface area contributed by atoms with Gasteiger partial charge in [-0.2, -0.15) is 0 Å². The zero-order valence-electron chi connectivity index (χ0n) is 15.3. The lowest BCUT2D eigenvalue weighted by atomic mass is 9.99. The third-order valence-electron chi connectivity index (χ3n) is 5.03. The second-order valence-electron chi connectivity index (χ2n) is 6.66. The third-order valence-corrected chi connectivity index (χ3v) is 5.03. The summed E-state index contributed by atoms with van der Waals surface area (Å²) in [7, 11) is 0. The molecule has 5 heteroatoms. The van der Waals surface area contributed by atoms with E-state index in [-0.39, 0.29) is 6.42 Å². The number of benzene rings is 1. The van der Waals surface area contributed by atoms with Crippen molar-refractivity contribution in [1.29, 1.82) is 0 Å². The van der Waals surface area contributed by atoms with Crippen molar-refractivity contribution in [1.82, 2.24) is 9.97 Å². The van der Waals surface area contributed by atoms with Gasteiger partial charge < -0.3 is 9.84 Å². The summed E-state index contributed by atoms with van der Waals surface area (Å²) in [5.41, 5.74) is 5.72. The first-order valence-electron chi connectivity index (χ1n) is 8.98. The summed E-state index contributed by atoms with van der Waals surface area (Å²) >= 11 is 0. The van der Waals surface area contributed by atoms with Gasteiger partial charge in [-0.15, -0.1) is 0 Å². The molecule has 0 bridgehead atoms. The van der Waals surface area contributed by atoms with Crippen molar-refractivity contribution >= 4 is 11.5 Å². The van der Waals surface area contributed by atoms with E-state index in [0.717, 1.165) is 47.5 Å². The van der Waals surface area contributed by atoms with E-state index >= 15 is 0 Å². The van der Waals surface area contributed by atoms with E-state index < -0.39 is 5.97 Å². The highest BCUT2D eigenvalue weighted by Crippen LogP contribution is 2.33. The highest BCUT2D eigenvalue weighted by Gasteiger charge is 2.19. The van der Waals surface area contributed by atoms with Crippen LogP contribution in [0.15, 0.2) is 36.2 Å². The molecule has 0 aliphatic heterocycles. The summed E-state index contributed by atoms with van der Waals surface area (Å²) in [5.74, 6) is 0.890. The predicted octanol–water partition coefficient (Wildman–Crippen LogP) is 4.13. The van der Waals surface area contributed by atoms with Crippen molar-refractivity contribution in [3.63, 3.8) is 0 Å². The van der Waals surface area contributed by atoms with Crippen molar-refractivity contribution in [2.45, 2.75) is 46.0 Å². The molecule has 136 valence electrons. The van der Waals surface area contributed by atoms with E-state index in [4.69, 9.17) is 9.84 Å². The number of carboxylic acid groups (broad SMARTS) is 1. The lowest BCUT2D eigenvalue weighted by Crippen LogP contribution is -2.05. The number of carboxylic acids is 1. The minimum atomic E-state index is -0.772. The van der Waals surface area contributed by atoms with Crippen LogP contribution >= 0.6 is 0 Å². The van der Waals surface area contributed by atoms with Crippen molar-refractivity contribution in [2.75, 3.05) is 6.61 Å². The molecule has 2 aromatic rings. The number of allylic oxidation sites excluding steroid dienone is 1. The third kappa shape index (κ3) is 4.10. The summed E-state index contributed by atoms with van der Waals surface area (Å²) in [4.78, 5) is 19.5. The topological polar surface area (TPSA) is 72.3 Å². The largest absolute Gasteiger partial charge is 0.489 e. The molecule has 5 nitrogen and oxygen atoms in total. The highest BCUT2D eigenvalue weighted by atomic mass is 16.5. The number of carbonyl (C=O) groups is 1. The lowest BCUT2D eigenvalue weighted by Gasteiger charge is -2.15. The van der Waals surface area contributed by atoms with Crippen LogP contribution in [0.1, 0.15) is 48.2 Å². The fourth-order valence-electron chi connectivity index (χ4n) is 3.38. The lowest BCUT2D eigenvalue weighted by molar-refractivity contribution is -0.136. The van der Waals surface area contributed by atoms with Crippen LogP contribution in [0.3, 0.4) is 0 Å². The zero-order chi connectivity index (χ0) is 18.5. The van der Waals surface area contributed by atoms with Gasteiger partial charge in [-0.1, -0.05) is 6.07 Å². The van der Waals surface area contributed by atoms with Gasteiger partial charge in [-0.25, -0.2) is 9.97 Å². The van der Waals surface area contributed by atoms with Gasteiger partial charge in [0.05, 0.1) is 0 Å². The van der Waals surface area contributed by atoms with Crippen LogP contribution in [-0.4, -0.2) is 27.7 Å². The van der Waals surface area contributed by atoms with Gasteiger partial charge in [-0.3, -0.25) is 4.79 Å². The Labute approximate surface area is 153 Å². The van der Waals surface area contributed by atoms with Gasteiger partial charge in [-0.05, 0) is 79.5 Å². The van der Waals surface area contributed by atoms with Crippen LogP contribution in [0.5, 0.6) is 5.75 Å². The first kappa shape index (κ1) is 18.1. The molecule has 0 saturated heterocycles. The molecule has 0 saturated carbocycles. The molecule has 1 heterocycles. The Morgan fingerprint density at radius 3 is 2.65 bits per heavy atom. The maximum absolute atomic E-state index is 10.8. The molecule has 0 fully saturated rings. The van der Waals surface area contributed by atoms with Crippen molar-refractivity contribution in [2.24, 2.45) is 0 Å². The number of hydrogen-bond acceptors (Lipinski definition) is 4. The van der Waals surface area contributed by atoms with Gasteiger partial charge >= 0.3 is 5.97 Å². The smallest absolute Gasteiger partial charge is 0.303 e. The average molecular weight is 352 g/mol. The van der Waals surface area contributed by atoms with Crippen LogP contribution in [-0.2, 0) is 11.2 Å². The normalized spacial score (nSPS) is 13.9. The van der Waals surface area contributed by atoms with Gasteiger partial charge in [0.25, 0.3) is 0 Å². The maximum atomic E-state index is 10.8. The predicted molar refractivity (Wildman–Crippen MR) is 100 cm³/mol. The van der Waals surface area contributed by atoms with E-state index in [9.17, 15) is 4.79 Å². The number of rotatable bonds is 7. The Bertz CT molecular complexity index is 829. The molecule has 26 heavy (non-hydrogen) atoms. The quantitative estimate of drug-likeness (QED) is 0.811. The van der Waals surface area contributed by atoms with Crippen LogP contribution in [0.2, 0.25) is 0 Å².